The summed E-state index contributed by atoms with van der Waals surface area (Å²) in [5.74, 6) is 0.950. The molecule has 2 heterocycles. The van der Waals surface area contributed by atoms with Gasteiger partial charge in [0.25, 0.3) is 0 Å². The summed E-state index contributed by atoms with van der Waals surface area (Å²) in [6.45, 7) is 6.91. The summed E-state index contributed by atoms with van der Waals surface area (Å²) in [5.41, 5.74) is 6.49. The van der Waals surface area contributed by atoms with Gasteiger partial charge in [-0.25, -0.2) is 0 Å². The van der Waals surface area contributed by atoms with E-state index >= 15 is 0 Å². The molecule has 0 bridgehead atoms. The molecule has 0 spiro atoms. The van der Waals surface area contributed by atoms with E-state index in [0.29, 0.717) is 0 Å². The van der Waals surface area contributed by atoms with Crippen LogP contribution < -0.4 is 4.74 Å². The summed E-state index contributed by atoms with van der Waals surface area (Å²) in [7, 11) is 0. The zero-order valence-corrected chi connectivity index (χ0v) is 11.6. The summed E-state index contributed by atoms with van der Waals surface area (Å²) >= 11 is 0. The van der Waals surface area contributed by atoms with Crippen molar-refractivity contribution in [3.05, 3.63) is 51.8 Å². The van der Waals surface area contributed by atoms with E-state index in [9.17, 15) is 5.11 Å². The van der Waals surface area contributed by atoms with E-state index in [2.05, 4.69) is 18.0 Å². The SMILES string of the molecule is Cc1[nH]c(C(O)c2ccc3c(c2)CCO3)c(C)c1C. The highest BCUT2D eigenvalue weighted by Crippen LogP contribution is 2.32. The fourth-order valence-corrected chi connectivity index (χ4v) is 2.69. The third-order valence-corrected chi connectivity index (χ3v) is 4.15. The number of hydrogen-bond donors (Lipinski definition) is 2. The van der Waals surface area contributed by atoms with Gasteiger partial charge < -0.3 is 14.8 Å². The average Bonchev–Trinajstić information content (AvgIpc) is 2.97. The van der Waals surface area contributed by atoms with Crippen LogP contribution in [-0.2, 0) is 6.42 Å². The molecule has 19 heavy (non-hydrogen) atoms. The van der Waals surface area contributed by atoms with Gasteiger partial charge in [0.2, 0.25) is 0 Å². The van der Waals surface area contributed by atoms with Crippen LogP contribution in [0.2, 0.25) is 0 Å². The number of rotatable bonds is 2. The second-order valence-corrected chi connectivity index (χ2v) is 5.28. The quantitative estimate of drug-likeness (QED) is 0.868. The first-order valence-corrected chi connectivity index (χ1v) is 6.67. The van der Waals surface area contributed by atoms with Crippen molar-refractivity contribution in [3.8, 4) is 5.75 Å². The van der Waals surface area contributed by atoms with Crippen LogP contribution in [0.4, 0.5) is 0 Å². The third-order valence-electron chi connectivity index (χ3n) is 4.15. The fraction of sp³-hybridized carbons (Fsp3) is 0.375. The zero-order valence-electron chi connectivity index (χ0n) is 11.6. The van der Waals surface area contributed by atoms with E-state index in [1.807, 2.05) is 26.0 Å². The van der Waals surface area contributed by atoms with Crippen LogP contribution in [0.15, 0.2) is 18.2 Å². The number of benzene rings is 1. The Bertz CT molecular complexity index is 628. The molecule has 2 aromatic rings. The van der Waals surface area contributed by atoms with Gasteiger partial charge in [0, 0.05) is 12.1 Å². The summed E-state index contributed by atoms with van der Waals surface area (Å²) in [6, 6.07) is 5.95. The molecule has 0 radical (unpaired) electrons. The van der Waals surface area contributed by atoms with Crippen molar-refractivity contribution in [1.82, 2.24) is 4.98 Å². The van der Waals surface area contributed by atoms with Crippen molar-refractivity contribution in [2.24, 2.45) is 0 Å². The minimum Gasteiger partial charge on any atom is -0.493 e. The summed E-state index contributed by atoms with van der Waals surface area (Å²) < 4.78 is 5.50. The number of hydrogen-bond acceptors (Lipinski definition) is 2. The molecule has 0 aliphatic carbocycles. The Morgan fingerprint density at radius 3 is 2.68 bits per heavy atom. The van der Waals surface area contributed by atoms with E-state index in [4.69, 9.17) is 4.74 Å². The molecule has 3 heteroatoms. The van der Waals surface area contributed by atoms with Crippen molar-refractivity contribution >= 4 is 0 Å². The van der Waals surface area contributed by atoms with Gasteiger partial charge in [-0.05, 0) is 55.2 Å². The van der Waals surface area contributed by atoms with Gasteiger partial charge in [-0.15, -0.1) is 0 Å². The number of fused-ring (bicyclic) bond motifs is 1. The predicted octanol–water partition coefficient (Wildman–Crippen LogP) is 2.96. The number of aromatic amines is 1. The van der Waals surface area contributed by atoms with Crippen molar-refractivity contribution in [3.63, 3.8) is 0 Å². The Morgan fingerprint density at radius 2 is 2.00 bits per heavy atom. The van der Waals surface area contributed by atoms with E-state index in [-0.39, 0.29) is 0 Å². The van der Waals surface area contributed by atoms with Gasteiger partial charge in [-0.3, -0.25) is 0 Å². The molecule has 1 aromatic carbocycles. The van der Waals surface area contributed by atoms with Gasteiger partial charge >= 0.3 is 0 Å². The topological polar surface area (TPSA) is 45.2 Å². The van der Waals surface area contributed by atoms with Crippen LogP contribution in [0, 0.1) is 20.8 Å². The maximum Gasteiger partial charge on any atom is 0.122 e. The Labute approximate surface area is 113 Å². The summed E-state index contributed by atoms with van der Waals surface area (Å²) in [5, 5.41) is 10.6. The number of nitrogens with one attached hydrogen (secondary N) is 1. The lowest BCUT2D eigenvalue weighted by Gasteiger charge is -2.12. The van der Waals surface area contributed by atoms with E-state index < -0.39 is 6.10 Å². The normalized spacial score (nSPS) is 15.2. The van der Waals surface area contributed by atoms with Crippen LogP contribution >= 0.6 is 0 Å². The highest BCUT2D eigenvalue weighted by atomic mass is 16.5. The molecule has 1 aromatic heterocycles. The Balaban J connectivity index is 1.99. The van der Waals surface area contributed by atoms with E-state index in [0.717, 1.165) is 41.3 Å². The maximum atomic E-state index is 10.6. The highest BCUT2D eigenvalue weighted by Gasteiger charge is 2.20. The van der Waals surface area contributed by atoms with Crippen LogP contribution in [-0.4, -0.2) is 16.7 Å². The Morgan fingerprint density at radius 1 is 1.21 bits per heavy atom. The largest absolute Gasteiger partial charge is 0.493 e. The van der Waals surface area contributed by atoms with Crippen LogP contribution in [0.1, 0.15) is 39.7 Å². The van der Waals surface area contributed by atoms with Gasteiger partial charge in [-0.2, -0.15) is 0 Å². The van der Waals surface area contributed by atoms with Gasteiger partial charge in [0.1, 0.15) is 11.9 Å². The number of aliphatic hydroxyl groups excluding tert-OH is 1. The maximum absolute atomic E-state index is 10.6. The number of H-pyrrole nitrogens is 1. The van der Waals surface area contributed by atoms with Crippen molar-refractivity contribution in [1.29, 1.82) is 0 Å². The monoisotopic (exact) mass is 257 g/mol. The molecular weight excluding hydrogens is 238 g/mol. The van der Waals surface area contributed by atoms with Crippen LogP contribution in [0.25, 0.3) is 0 Å². The van der Waals surface area contributed by atoms with Gasteiger partial charge in [0.15, 0.2) is 0 Å². The van der Waals surface area contributed by atoms with Crippen molar-refractivity contribution in [2.75, 3.05) is 6.61 Å². The molecule has 1 aliphatic rings. The Hall–Kier alpha value is -1.74. The second kappa shape index (κ2) is 4.42. The molecule has 0 fully saturated rings. The molecule has 100 valence electrons. The number of aromatic nitrogens is 1. The molecule has 3 rings (SSSR count). The van der Waals surface area contributed by atoms with Crippen LogP contribution in [0.5, 0.6) is 5.75 Å². The fourth-order valence-electron chi connectivity index (χ4n) is 2.69. The smallest absolute Gasteiger partial charge is 0.122 e. The number of ether oxygens (including phenoxy) is 1. The Kier molecular flexibility index (Phi) is 2.86. The van der Waals surface area contributed by atoms with Gasteiger partial charge in [0.05, 0.1) is 12.3 Å². The number of aryl methyl sites for hydroxylation is 1. The molecule has 0 saturated carbocycles. The van der Waals surface area contributed by atoms with E-state index in [1.165, 1.54) is 11.1 Å². The molecule has 1 unspecified atom stereocenters. The third kappa shape index (κ3) is 1.94. The summed E-state index contributed by atoms with van der Waals surface area (Å²) in [6.07, 6.45) is 0.329. The highest BCUT2D eigenvalue weighted by molar-refractivity contribution is 5.44. The lowest BCUT2D eigenvalue weighted by Crippen LogP contribution is -2.02. The molecule has 2 N–H and O–H groups in total. The molecule has 0 amide bonds. The molecule has 0 saturated heterocycles. The first-order valence-electron chi connectivity index (χ1n) is 6.67. The minimum absolute atomic E-state index is 0.599. The zero-order chi connectivity index (χ0) is 13.6. The predicted molar refractivity (Wildman–Crippen MR) is 74.7 cm³/mol. The molecular formula is C16H19NO2. The average molecular weight is 257 g/mol. The lowest BCUT2D eigenvalue weighted by atomic mass is 10.00. The minimum atomic E-state index is -0.599. The van der Waals surface area contributed by atoms with Crippen molar-refractivity contribution < 1.29 is 9.84 Å². The second-order valence-electron chi connectivity index (χ2n) is 5.28. The molecule has 1 aliphatic heterocycles. The lowest BCUT2D eigenvalue weighted by molar-refractivity contribution is 0.215. The molecule has 3 nitrogen and oxygen atoms in total. The summed E-state index contributed by atoms with van der Waals surface area (Å²) in [4.78, 5) is 3.30. The molecule has 1 atom stereocenters. The first-order chi connectivity index (χ1) is 9.08. The standard InChI is InChI=1S/C16H19NO2/c1-9-10(2)15(17-11(9)3)16(18)13-4-5-14-12(8-13)6-7-19-14/h4-5,8,16-18H,6-7H2,1-3H3. The number of aliphatic hydroxyl groups is 1. The van der Waals surface area contributed by atoms with Crippen molar-refractivity contribution in [2.45, 2.75) is 33.3 Å². The van der Waals surface area contributed by atoms with Gasteiger partial charge in [-0.1, -0.05) is 6.07 Å². The van der Waals surface area contributed by atoms with Crippen LogP contribution in [0.3, 0.4) is 0 Å². The van der Waals surface area contributed by atoms with E-state index in [1.54, 1.807) is 0 Å². The first kappa shape index (κ1) is 12.3.